The maximum absolute atomic E-state index is 12.2. The Kier molecular flexibility index (Phi) is 4.07. The highest BCUT2D eigenvalue weighted by Gasteiger charge is 2.37. The summed E-state index contributed by atoms with van der Waals surface area (Å²) >= 11 is 0. The standard InChI is InChI=1S/C14H21N3O2/c1-10-4-5-11(12(8-10)17-15)13(18)16-9-14(19-2)6-3-7-14/h4-5,8,17H,3,6-7,9,15H2,1-2H3,(H,16,18). The molecule has 104 valence electrons. The highest BCUT2D eigenvalue weighted by molar-refractivity contribution is 5.99. The highest BCUT2D eigenvalue weighted by atomic mass is 16.5. The molecule has 1 aliphatic carbocycles. The van der Waals surface area contributed by atoms with Crippen LogP contribution in [0.5, 0.6) is 0 Å². The average molecular weight is 263 g/mol. The largest absolute Gasteiger partial charge is 0.376 e. The Balaban J connectivity index is 2.03. The smallest absolute Gasteiger partial charge is 0.253 e. The summed E-state index contributed by atoms with van der Waals surface area (Å²) in [6.07, 6.45) is 3.16. The molecule has 0 radical (unpaired) electrons. The van der Waals surface area contributed by atoms with Gasteiger partial charge in [-0.2, -0.15) is 0 Å². The number of hydrogen-bond acceptors (Lipinski definition) is 4. The minimum absolute atomic E-state index is 0.128. The third kappa shape index (κ3) is 2.88. The van der Waals surface area contributed by atoms with E-state index in [9.17, 15) is 4.79 Å². The van der Waals surface area contributed by atoms with Crippen molar-refractivity contribution in [3.63, 3.8) is 0 Å². The molecular formula is C14H21N3O2. The van der Waals surface area contributed by atoms with Crippen LogP contribution in [0.2, 0.25) is 0 Å². The van der Waals surface area contributed by atoms with Crippen molar-refractivity contribution >= 4 is 11.6 Å². The van der Waals surface area contributed by atoms with E-state index in [1.54, 1.807) is 13.2 Å². The number of ether oxygens (including phenoxy) is 1. The molecule has 4 N–H and O–H groups in total. The molecule has 1 fully saturated rings. The Morgan fingerprint density at radius 2 is 2.21 bits per heavy atom. The van der Waals surface area contributed by atoms with Gasteiger partial charge in [0.05, 0.1) is 16.9 Å². The lowest BCUT2D eigenvalue weighted by Gasteiger charge is -2.40. The molecule has 0 unspecified atom stereocenters. The van der Waals surface area contributed by atoms with Crippen LogP contribution in [0.3, 0.4) is 0 Å². The minimum Gasteiger partial charge on any atom is -0.376 e. The number of aryl methyl sites for hydroxylation is 1. The number of rotatable bonds is 5. The van der Waals surface area contributed by atoms with Crippen molar-refractivity contribution in [1.29, 1.82) is 0 Å². The first-order chi connectivity index (χ1) is 9.10. The molecular weight excluding hydrogens is 242 g/mol. The molecule has 1 amide bonds. The minimum atomic E-state index is -0.170. The third-order valence-corrected chi connectivity index (χ3v) is 3.84. The predicted octanol–water partition coefficient (Wildman–Crippen LogP) is 1.58. The van der Waals surface area contributed by atoms with Gasteiger partial charge in [-0.25, -0.2) is 0 Å². The summed E-state index contributed by atoms with van der Waals surface area (Å²) in [5, 5.41) is 2.93. The second-order valence-electron chi connectivity index (χ2n) is 5.12. The Labute approximate surface area is 113 Å². The molecule has 19 heavy (non-hydrogen) atoms. The van der Waals surface area contributed by atoms with Gasteiger partial charge >= 0.3 is 0 Å². The van der Waals surface area contributed by atoms with Crippen LogP contribution < -0.4 is 16.6 Å². The molecule has 0 saturated heterocycles. The number of hydrogen-bond donors (Lipinski definition) is 3. The molecule has 1 saturated carbocycles. The van der Waals surface area contributed by atoms with E-state index in [1.165, 1.54) is 0 Å². The number of hydrazine groups is 1. The van der Waals surface area contributed by atoms with Crippen LogP contribution in [0.15, 0.2) is 18.2 Å². The van der Waals surface area contributed by atoms with Gasteiger partial charge < -0.3 is 15.5 Å². The summed E-state index contributed by atoms with van der Waals surface area (Å²) in [6, 6.07) is 5.52. The summed E-state index contributed by atoms with van der Waals surface area (Å²) < 4.78 is 5.48. The molecule has 0 heterocycles. The first-order valence-electron chi connectivity index (χ1n) is 6.51. The van der Waals surface area contributed by atoms with Gasteiger partial charge in [-0.1, -0.05) is 6.07 Å². The van der Waals surface area contributed by atoms with Crippen molar-refractivity contribution < 1.29 is 9.53 Å². The zero-order chi connectivity index (χ0) is 13.9. The molecule has 5 heteroatoms. The predicted molar refractivity (Wildman–Crippen MR) is 74.9 cm³/mol. The van der Waals surface area contributed by atoms with Crippen LogP contribution in [0.1, 0.15) is 35.2 Å². The number of nitrogens with one attached hydrogen (secondary N) is 2. The topological polar surface area (TPSA) is 76.4 Å². The fraction of sp³-hybridized carbons (Fsp3) is 0.500. The van der Waals surface area contributed by atoms with E-state index in [1.807, 2.05) is 19.1 Å². The van der Waals surface area contributed by atoms with Crippen molar-refractivity contribution in [2.45, 2.75) is 31.8 Å². The first-order valence-corrected chi connectivity index (χ1v) is 6.51. The molecule has 1 aromatic carbocycles. The van der Waals surface area contributed by atoms with Gasteiger partial charge in [-0.15, -0.1) is 0 Å². The number of methoxy groups -OCH3 is 1. The second kappa shape index (κ2) is 5.59. The molecule has 0 aliphatic heterocycles. The molecule has 0 atom stereocenters. The SMILES string of the molecule is COC1(CNC(=O)c2ccc(C)cc2NN)CCC1. The lowest BCUT2D eigenvalue weighted by molar-refractivity contribution is -0.0679. The summed E-state index contributed by atoms with van der Waals surface area (Å²) in [6.45, 7) is 2.50. The number of benzene rings is 1. The van der Waals surface area contributed by atoms with Gasteiger partial charge in [-0.05, 0) is 43.9 Å². The first kappa shape index (κ1) is 13.8. The molecule has 5 nitrogen and oxygen atoms in total. The number of nitrogens with two attached hydrogens (primary N) is 1. The Morgan fingerprint density at radius 1 is 1.47 bits per heavy atom. The van der Waals surface area contributed by atoms with Crippen LogP contribution >= 0.6 is 0 Å². The van der Waals surface area contributed by atoms with E-state index in [2.05, 4.69) is 10.7 Å². The summed E-state index contributed by atoms with van der Waals surface area (Å²) in [5.74, 6) is 5.32. The van der Waals surface area contributed by atoms with Gasteiger partial charge in [-0.3, -0.25) is 10.6 Å². The van der Waals surface area contributed by atoms with E-state index < -0.39 is 0 Å². The lowest BCUT2D eigenvalue weighted by Crippen LogP contribution is -2.49. The molecule has 1 aliphatic rings. The van der Waals surface area contributed by atoms with E-state index >= 15 is 0 Å². The maximum Gasteiger partial charge on any atom is 0.253 e. The Morgan fingerprint density at radius 3 is 2.74 bits per heavy atom. The summed E-state index contributed by atoms with van der Waals surface area (Å²) in [5.41, 5.74) is 4.64. The van der Waals surface area contributed by atoms with Crippen LogP contribution in [0.4, 0.5) is 5.69 Å². The van der Waals surface area contributed by atoms with E-state index in [0.717, 1.165) is 24.8 Å². The third-order valence-electron chi connectivity index (χ3n) is 3.84. The monoisotopic (exact) mass is 263 g/mol. The molecule has 1 aromatic rings. The number of carbonyl (C=O) groups is 1. The quantitative estimate of drug-likeness (QED) is 0.557. The molecule has 2 rings (SSSR count). The fourth-order valence-corrected chi connectivity index (χ4v) is 2.34. The highest BCUT2D eigenvalue weighted by Crippen LogP contribution is 2.34. The molecule has 0 aromatic heterocycles. The maximum atomic E-state index is 12.2. The summed E-state index contributed by atoms with van der Waals surface area (Å²) in [4.78, 5) is 12.2. The van der Waals surface area contributed by atoms with Gasteiger partial charge in [0.25, 0.3) is 5.91 Å². The van der Waals surface area contributed by atoms with Crippen LogP contribution in [0, 0.1) is 6.92 Å². The van der Waals surface area contributed by atoms with Crippen molar-refractivity contribution in [3.8, 4) is 0 Å². The van der Waals surface area contributed by atoms with E-state index in [0.29, 0.717) is 17.8 Å². The van der Waals surface area contributed by atoms with Gasteiger partial charge in [0.15, 0.2) is 0 Å². The fourth-order valence-electron chi connectivity index (χ4n) is 2.34. The van der Waals surface area contributed by atoms with Gasteiger partial charge in [0, 0.05) is 13.7 Å². The normalized spacial score (nSPS) is 16.6. The summed E-state index contributed by atoms with van der Waals surface area (Å²) in [7, 11) is 1.70. The van der Waals surface area contributed by atoms with Crippen molar-refractivity contribution in [2.24, 2.45) is 5.84 Å². The Hall–Kier alpha value is -1.59. The molecule has 0 bridgehead atoms. The second-order valence-corrected chi connectivity index (χ2v) is 5.12. The van der Waals surface area contributed by atoms with Crippen LogP contribution in [0.25, 0.3) is 0 Å². The zero-order valence-corrected chi connectivity index (χ0v) is 11.5. The van der Waals surface area contributed by atoms with Crippen LogP contribution in [-0.2, 0) is 4.74 Å². The number of nitrogen functional groups attached to an aromatic ring is 1. The van der Waals surface area contributed by atoms with Crippen molar-refractivity contribution in [2.75, 3.05) is 19.1 Å². The number of anilines is 1. The van der Waals surface area contributed by atoms with E-state index in [-0.39, 0.29) is 11.5 Å². The van der Waals surface area contributed by atoms with E-state index in [4.69, 9.17) is 10.6 Å². The number of carbonyl (C=O) groups excluding carboxylic acids is 1. The van der Waals surface area contributed by atoms with Gasteiger partial charge in [0.2, 0.25) is 0 Å². The lowest BCUT2D eigenvalue weighted by atomic mass is 9.80. The van der Waals surface area contributed by atoms with Crippen LogP contribution in [-0.4, -0.2) is 25.2 Å². The molecule has 0 spiro atoms. The van der Waals surface area contributed by atoms with Crippen molar-refractivity contribution in [1.82, 2.24) is 5.32 Å². The number of amides is 1. The average Bonchev–Trinajstić information content (AvgIpc) is 2.37. The van der Waals surface area contributed by atoms with Gasteiger partial charge in [0.1, 0.15) is 0 Å². The van der Waals surface area contributed by atoms with Crippen molar-refractivity contribution in [3.05, 3.63) is 29.3 Å². The zero-order valence-electron chi connectivity index (χ0n) is 11.5. The Bertz CT molecular complexity index is 464.